The fourth-order valence-electron chi connectivity index (χ4n) is 1.79. The number of phenols is 1. The Labute approximate surface area is 123 Å². The number of ether oxygens (including phenoxy) is 1. The molecule has 0 fully saturated rings. The zero-order valence-electron chi connectivity index (χ0n) is 11.8. The van der Waals surface area contributed by atoms with E-state index in [2.05, 4.69) is 5.32 Å². The van der Waals surface area contributed by atoms with Gasteiger partial charge in [-0.15, -0.1) is 0 Å². The second-order valence-corrected chi connectivity index (χ2v) is 4.64. The van der Waals surface area contributed by atoms with E-state index < -0.39 is 0 Å². The van der Waals surface area contributed by atoms with E-state index in [1.165, 1.54) is 6.07 Å². The Morgan fingerprint density at radius 3 is 2.76 bits per heavy atom. The number of aryl methyl sites for hydroxylation is 1. The molecule has 0 aliphatic rings. The lowest BCUT2D eigenvalue weighted by Gasteiger charge is -2.10. The molecule has 21 heavy (non-hydrogen) atoms. The van der Waals surface area contributed by atoms with E-state index in [4.69, 9.17) is 10.5 Å². The third-order valence-corrected chi connectivity index (χ3v) is 3.04. The Balaban J connectivity index is 1.82. The Morgan fingerprint density at radius 1 is 1.29 bits per heavy atom. The number of aromatic hydroxyl groups is 1. The molecule has 2 aromatic carbocycles. The standard InChI is InChI=1S/C16H18N2O3/c1-11-6-7-12(10-14(11)19)16(20)18-8-9-21-15-5-3-2-4-13(15)17/h2-7,10,19H,8-9,17H2,1H3,(H,18,20). The van der Waals surface area contributed by atoms with Gasteiger partial charge >= 0.3 is 0 Å². The number of benzene rings is 2. The molecule has 1 amide bonds. The molecular formula is C16H18N2O3. The third-order valence-electron chi connectivity index (χ3n) is 3.04. The summed E-state index contributed by atoms with van der Waals surface area (Å²) in [7, 11) is 0. The molecule has 2 aromatic rings. The molecule has 0 heterocycles. The Bertz CT molecular complexity index is 641. The highest BCUT2D eigenvalue weighted by atomic mass is 16.5. The smallest absolute Gasteiger partial charge is 0.251 e. The summed E-state index contributed by atoms with van der Waals surface area (Å²) in [5, 5.41) is 12.3. The van der Waals surface area contributed by atoms with Crippen LogP contribution in [0.5, 0.6) is 11.5 Å². The summed E-state index contributed by atoms with van der Waals surface area (Å²) >= 11 is 0. The topological polar surface area (TPSA) is 84.6 Å². The van der Waals surface area contributed by atoms with Crippen LogP contribution < -0.4 is 15.8 Å². The Hall–Kier alpha value is -2.69. The molecule has 0 aliphatic heterocycles. The predicted molar refractivity (Wildman–Crippen MR) is 81.5 cm³/mol. The van der Waals surface area contributed by atoms with Crippen LogP contribution in [0, 0.1) is 6.92 Å². The van der Waals surface area contributed by atoms with Crippen LogP contribution in [0.2, 0.25) is 0 Å². The van der Waals surface area contributed by atoms with Crippen LogP contribution in [0.3, 0.4) is 0 Å². The minimum Gasteiger partial charge on any atom is -0.508 e. The molecule has 0 aliphatic carbocycles. The summed E-state index contributed by atoms with van der Waals surface area (Å²) < 4.78 is 5.48. The fourth-order valence-corrected chi connectivity index (χ4v) is 1.79. The highest BCUT2D eigenvalue weighted by molar-refractivity contribution is 5.94. The van der Waals surface area contributed by atoms with Crippen LogP contribution in [0.25, 0.3) is 0 Å². The van der Waals surface area contributed by atoms with Crippen molar-refractivity contribution in [3.05, 3.63) is 53.6 Å². The van der Waals surface area contributed by atoms with Gasteiger partial charge in [0.2, 0.25) is 0 Å². The van der Waals surface area contributed by atoms with Gasteiger partial charge in [0.25, 0.3) is 5.91 Å². The number of nitrogen functional groups attached to an aromatic ring is 1. The van der Waals surface area contributed by atoms with E-state index >= 15 is 0 Å². The molecule has 5 heteroatoms. The van der Waals surface area contributed by atoms with Gasteiger partial charge in [0, 0.05) is 5.56 Å². The van der Waals surface area contributed by atoms with Crippen molar-refractivity contribution in [3.63, 3.8) is 0 Å². The number of para-hydroxylation sites is 2. The molecule has 2 rings (SSSR count). The van der Waals surface area contributed by atoms with Gasteiger partial charge in [0.05, 0.1) is 12.2 Å². The SMILES string of the molecule is Cc1ccc(C(=O)NCCOc2ccccc2N)cc1O. The van der Waals surface area contributed by atoms with E-state index in [0.717, 1.165) is 5.56 Å². The maximum absolute atomic E-state index is 11.9. The highest BCUT2D eigenvalue weighted by Gasteiger charge is 2.07. The van der Waals surface area contributed by atoms with Crippen molar-refractivity contribution in [2.75, 3.05) is 18.9 Å². The first-order valence-corrected chi connectivity index (χ1v) is 6.63. The summed E-state index contributed by atoms with van der Waals surface area (Å²) in [6.07, 6.45) is 0. The second-order valence-electron chi connectivity index (χ2n) is 4.64. The number of carbonyl (C=O) groups is 1. The number of anilines is 1. The number of carbonyl (C=O) groups excluding carboxylic acids is 1. The van der Waals surface area contributed by atoms with Crippen molar-refractivity contribution >= 4 is 11.6 Å². The van der Waals surface area contributed by atoms with E-state index in [9.17, 15) is 9.90 Å². The lowest BCUT2D eigenvalue weighted by atomic mass is 10.1. The number of nitrogens with two attached hydrogens (primary N) is 1. The maximum Gasteiger partial charge on any atom is 0.251 e. The number of hydrogen-bond donors (Lipinski definition) is 3. The Morgan fingerprint density at radius 2 is 2.05 bits per heavy atom. The second kappa shape index (κ2) is 6.65. The zero-order chi connectivity index (χ0) is 15.2. The van der Waals surface area contributed by atoms with E-state index in [1.54, 1.807) is 31.2 Å². The van der Waals surface area contributed by atoms with E-state index in [-0.39, 0.29) is 11.7 Å². The quantitative estimate of drug-likeness (QED) is 0.580. The van der Waals surface area contributed by atoms with Gasteiger partial charge in [-0.05, 0) is 36.8 Å². The molecule has 5 nitrogen and oxygen atoms in total. The van der Waals surface area contributed by atoms with Gasteiger partial charge in [-0.3, -0.25) is 4.79 Å². The molecule has 0 unspecified atom stereocenters. The Kier molecular flexibility index (Phi) is 4.66. The largest absolute Gasteiger partial charge is 0.508 e. The number of hydrogen-bond acceptors (Lipinski definition) is 4. The molecule has 0 atom stereocenters. The molecular weight excluding hydrogens is 268 g/mol. The van der Waals surface area contributed by atoms with Crippen molar-refractivity contribution in [2.45, 2.75) is 6.92 Å². The van der Waals surface area contributed by atoms with Crippen molar-refractivity contribution in [3.8, 4) is 11.5 Å². The van der Waals surface area contributed by atoms with Gasteiger partial charge in [0.15, 0.2) is 0 Å². The van der Waals surface area contributed by atoms with Crippen LogP contribution in [-0.4, -0.2) is 24.2 Å². The number of rotatable bonds is 5. The van der Waals surface area contributed by atoms with Gasteiger partial charge in [-0.25, -0.2) is 0 Å². The third kappa shape index (κ3) is 3.89. The first kappa shape index (κ1) is 14.7. The average molecular weight is 286 g/mol. The van der Waals surface area contributed by atoms with Gasteiger partial charge < -0.3 is 20.9 Å². The number of phenolic OH excluding ortho intramolecular Hbond substituents is 1. The highest BCUT2D eigenvalue weighted by Crippen LogP contribution is 2.19. The van der Waals surface area contributed by atoms with E-state index in [0.29, 0.717) is 30.2 Å². The summed E-state index contributed by atoms with van der Waals surface area (Å²) in [6.45, 7) is 2.44. The average Bonchev–Trinajstić information content (AvgIpc) is 2.48. The van der Waals surface area contributed by atoms with Crippen LogP contribution in [0.1, 0.15) is 15.9 Å². The molecule has 0 saturated carbocycles. The molecule has 0 radical (unpaired) electrons. The molecule has 0 spiro atoms. The molecule has 0 aromatic heterocycles. The first-order chi connectivity index (χ1) is 10.1. The lowest BCUT2D eigenvalue weighted by Crippen LogP contribution is -2.28. The molecule has 110 valence electrons. The molecule has 0 saturated heterocycles. The van der Waals surface area contributed by atoms with Crippen LogP contribution in [-0.2, 0) is 0 Å². The van der Waals surface area contributed by atoms with Gasteiger partial charge in [-0.1, -0.05) is 18.2 Å². The summed E-state index contributed by atoms with van der Waals surface area (Å²) in [5.41, 5.74) is 7.45. The zero-order valence-corrected chi connectivity index (χ0v) is 11.8. The lowest BCUT2D eigenvalue weighted by molar-refractivity contribution is 0.0946. The monoisotopic (exact) mass is 286 g/mol. The summed E-state index contributed by atoms with van der Waals surface area (Å²) in [6, 6.07) is 12.0. The van der Waals surface area contributed by atoms with Crippen molar-refractivity contribution in [1.29, 1.82) is 0 Å². The molecule has 4 N–H and O–H groups in total. The normalized spacial score (nSPS) is 10.1. The summed E-state index contributed by atoms with van der Waals surface area (Å²) in [4.78, 5) is 11.9. The van der Waals surface area contributed by atoms with Crippen molar-refractivity contribution in [2.24, 2.45) is 0 Å². The summed E-state index contributed by atoms with van der Waals surface area (Å²) in [5.74, 6) is 0.450. The van der Waals surface area contributed by atoms with Gasteiger partial charge in [-0.2, -0.15) is 0 Å². The minimum atomic E-state index is -0.255. The van der Waals surface area contributed by atoms with Crippen LogP contribution in [0.15, 0.2) is 42.5 Å². The number of amides is 1. The number of nitrogens with one attached hydrogen (secondary N) is 1. The maximum atomic E-state index is 11.9. The fraction of sp³-hybridized carbons (Fsp3) is 0.188. The van der Waals surface area contributed by atoms with Crippen LogP contribution in [0.4, 0.5) is 5.69 Å². The van der Waals surface area contributed by atoms with Crippen molar-refractivity contribution in [1.82, 2.24) is 5.32 Å². The molecule has 0 bridgehead atoms. The predicted octanol–water partition coefficient (Wildman–Crippen LogP) is 2.09. The van der Waals surface area contributed by atoms with Gasteiger partial charge in [0.1, 0.15) is 18.1 Å². The minimum absolute atomic E-state index is 0.107. The van der Waals surface area contributed by atoms with Crippen molar-refractivity contribution < 1.29 is 14.6 Å². The van der Waals surface area contributed by atoms with E-state index in [1.807, 2.05) is 12.1 Å². The first-order valence-electron chi connectivity index (χ1n) is 6.63. The van der Waals surface area contributed by atoms with Crippen LogP contribution >= 0.6 is 0 Å².